The Labute approximate surface area is 89.3 Å². The van der Waals surface area contributed by atoms with Gasteiger partial charge in [0.05, 0.1) is 0 Å². The van der Waals surface area contributed by atoms with E-state index in [4.69, 9.17) is 5.11 Å². The van der Waals surface area contributed by atoms with E-state index in [0.717, 1.165) is 5.56 Å². The molecule has 3 heteroatoms. The summed E-state index contributed by atoms with van der Waals surface area (Å²) < 4.78 is 0. The first-order chi connectivity index (χ1) is 7.15. The molecule has 78 valence electrons. The zero-order valence-electron chi connectivity index (χ0n) is 8.82. The van der Waals surface area contributed by atoms with Crippen LogP contribution in [0.5, 0.6) is 0 Å². The Morgan fingerprint density at radius 2 is 2.20 bits per heavy atom. The second-order valence-corrected chi connectivity index (χ2v) is 3.24. The molecule has 1 N–H and O–H groups in total. The predicted molar refractivity (Wildman–Crippen MR) is 58.4 cm³/mol. The van der Waals surface area contributed by atoms with Crippen LogP contribution < -0.4 is 0 Å². The van der Waals surface area contributed by atoms with Crippen molar-refractivity contribution in [2.75, 3.05) is 20.7 Å². The molecular formula is C12H13NO2. The first kappa shape index (κ1) is 11.3. The third-order valence-corrected chi connectivity index (χ3v) is 1.83. The topological polar surface area (TPSA) is 40.5 Å². The Morgan fingerprint density at radius 1 is 1.47 bits per heavy atom. The largest absolute Gasteiger partial charge is 0.384 e. The maximum absolute atomic E-state index is 11.6. The van der Waals surface area contributed by atoms with E-state index in [0.29, 0.717) is 5.56 Å². The van der Waals surface area contributed by atoms with E-state index in [1.165, 1.54) is 4.90 Å². The molecule has 0 spiro atoms. The minimum absolute atomic E-state index is 0.0531. The molecule has 1 aromatic rings. The van der Waals surface area contributed by atoms with Crippen molar-refractivity contribution in [2.45, 2.75) is 0 Å². The molecular weight excluding hydrogens is 190 g/mol. The smallest absolute Gasteiger partial charge is 0.253 e. The van der Waals surface area contributed by atoms with Crippen LogP contribution in [-0.4, -0.2) is 36.6 Å². The SMILES string of the molecule is CN(C)C(=O)c1cccc(C#CCO)c1. The van der Waals surface area contributed by atoms with Gasteiger partial charge in [0.15, 0.2) is 0 Å². The number of hydrogen-bond acceptors (Lipinski definition) is 2. The van der Waals surface area contributed by atoms with Crippen LogP contribution in [0.15, 0.2) is 24.3 Å². The summed E-state index contributed by atoms with van der Waals surface area (Å²) in [6.45, 7) is -0.175. The third kappa shape index (κ3) is 3.12. The molecule has 0 saturated heterocycles. The lowest BCUT2D eigenvalue weighted by atomic mass is 10.1. The van der Waals surface area contributed by atoms with E-state index in [9.17, 15) is 4.79 Å². The fourth-order valence-corrected chi connectivity index (χ4v) is 1.13. The van der Waals surface area contributed by atoms with Crippen LogP contribution in [0.3, 0.4) is 0 Å². The summed E-state index contributed by atoms with van der Waals surface area (Å²) in [4.78, 5) is 13.1. The second-order valence-electron chi connectivity index (χ2n) is 3.24. The molecule has 0 radical (unpaired) electrons. The molecule has 3 nitrogen and oxygen atoms in total. The van der Waals surface area contributed by atoms with Gasteiger partial charge in [-0.2, -0.15) is 0 Å². The van der Waals surface area contributed by atoms with Crippen LogP contribution in [0.2, 0.25) is 0 Å². The quantitative estimate of drug-likeness (QED) is 0.684. The maximum Gasteiger partial charge on any atom is 0.253 e. The standard InChI is InChI=1S/C12H13NO2/c1-13(2)12(15)11-7-3-5-10(9-11)6-4-8-14/h3,5,7,9,14H,8H2,1-2H3. The Morgan fingerprint density at radius 3 is 2.80 bits per heavy atom. The fraction of sp³-hybridized carbons (Fsp3) is 0.250. The first-order valence-corrected chi connectivity index (χ1v) is 4.56. The molecule has 0 unspecified atom stereocenters. The van der Waals surface area contributed by atoms with Gasteiger partial charge in [-0.05, 0) is 18.2 Å². The van der Waals surface area contributed by atoms with Gasteiger partial charge in [0, 0.05) is 25.2 Å². The van der Waals surface area contributed by atoms with Crippen LogP contribution in [0.4, 0.5) is 0 Å². The van der Waals surface area contributed by atoms with Gasteiger partial charge in [-0.15, -0.1) is 0 Å². The summed E-state index contributed by atoms with van der Waals surface area (Å²) in [5.41, 5.74) is 1.33. The van der Waals surface area contributed by atoms with Crippen molar-refractivity contribution in [3.63, 3.8) is 0 Å². The molecule has 0 aliphatic heterocycles. The number of rotatable bonds is 1. The van der Waals surface area contributed by atoms with Crippen molar-refractivity contribution in [1.82, 2.24) is 4.90 Å². The second kappa shape index (κ2) is 5.18. The lowest BCUT2D eigenvalue weighted by Gasteiger charge is -2.09. The molecule has 0 saturated carbocycles. The number of hydrogen-bond donors (Lipinski definition) is 1. The zero-order chi connectivity index (χ0) is 11.3. The van der Waals surface area contributed by atoms with E-state index in [2.05, 4.69) is 11.8 Å². The summed E-state index contributed by atoms with van der Waals surface area (Å²) in [7, 11) is 3.41. The van der Waals surface area contributed by atoms with Crippen molar-refractivity contribution >= 4 is 5.91 Å². The van der Waals surface area contributed by atoms with E-state index < -0.39 is 0 Å². The van der Waals surface area contributed by atoms with Gasteiger partial charge < -0.3 is 10.0 Å². The minimum atomic E-state index is -0.175. The molecule has 1 aromatic carbocycles. The van der Waals surface area contributed by atoms with Crippen molar-refractivity contribution in [1.29, 1.82) is 0 Å². The van der Waals surface area contributed by atoms with Gasteiger partial charge in [0.2, 0.25) is 0 Å². The molecule has 0 heterocycles. The van der Waals surface area contributed by atoms with Crippen LogP contribution >= 0.6 is 0 Å². The predicted octanol–water partition coefficient (Wildman–Crippen LogP) is 0.732. The van der Waals surface area contributed by atoms with Crippen LogP contribution in [0, 0.1) is 11.8 Å². The number of aliphatic hydroxyl groups excluding tert-OH is 1. The van der Waals surface area contributed by atoms with Crippen molar-refractivity contribution < 1.29 is 9.90 Å². The molecule has 0 aliphatic carbocycles. The van der Waals surface area contributed by atoms with E-state index >= 15 is 0 Å². The zero-order valence-corrected chi connectivity index (χ0v) is 8.82. The van der Waals surface area contributed by atoms with Crippen molar-refractivity contribution in [3.05, 3.63) is 35.4 Å². The summed E-state index contributed by atoms with van der Waals surface area (Å²) in [6, 6.07) is 7.03. The fourth-order valence-electron chi connectivity index (χ4n) is 1.13. The third-order valence-electron chi connectivity index (χ3n) is 1.83. The molecule has 1 rings (SSSR count). The Hall–Kier alpha value is -1.79. The van der Waals surface area contributed by atoms with Gasteiger partial charge in [0.25, 0.3) is 5.91 Å². The lowest BCUT2D eigenvalue weighted by molar-refractivity contribution is 0.0827. The van der Waals surface area contributed by atoms with E-state index in [1.807, 2.05) is 0 Å². The number of nitrogens with zero attached hydrogens (tertiary/aromatic N) is 1. The highest BCUT2D eigenvalue weighted by molar-refractivity contribution is 5.94. The highest BCUT2D eigenvalue weighted by atomic mass is 16.2. The van der Waals surface area contributed by atoms with Gasteiger partial charge >= 0.3 is 0 Å². The summed E-state index contributed by atoms with van der Waals surface area (Å²) in [5.74, 6) is 5.25. The van der Waals surface area contributed by atoms with Gasteiger partial charge in [-0.3, -0.25) is 4.79 Å². The molecule has 0 fully saturated rings. The average Bonchev–Trinajstić information content (AvgIpc) is 2.25. The molecule has 15 heavy (non-hydrogen) atoms. The summed E-state index contributed by atoms with van der Waals surface area (Å²) in [6.07, 6.45) is 0. The van der Waals surface area contributed by atoms with Crippen LogP contribution in [0.1, 0.15) is 15.9 Å². The average molecular weight is 203 g/mol. The van der Waals surface area contributed by atoms with Crippen molar-refractivity contribution in [2.24, 2.45) is 0 Å². The molecule has 0 aliphatic rings. The van der Waals surface area contributed by atoms with Gasteiger partial charge in [-0.1, -0.05) is 17.9 Å². The Bertz CT molecular complexity index is 413. The van der Waals surface area contributed by atoms with Crippen LogP contribution in [0.25, 0.3) is 0 Å². The minimum Gasteiger partial charge on any atom is -0.384 e. The molecule has 0 aromatic heterocycles. The van der Waals surface area contributed by atoms with Crippen LogP contribution in [-0.2, 0) is 0 Å². The van der Waals surface area contributed by atoms with E-state index in [-0.39, 0.29) is 12.5 Å². The molecule has 1 amide bonds. The Balaban J connectivity index is 2.97. The van der Waals surface area contributed by atoms with E-state index in [1.54, 1.807) is 38.4 Å². The molecule has 0 atom stereocenters. The normalized spacial score (nSPS) is 9.00. The van der Waals surface area contributed by atoms with Crippen molar-refractivity contribution in [3.8, 4) is 11.8 Å². The highest BCUT2D eigenvalue weighted by Crippen LogP contribution is 2.05. The lowest BCUT2D eigenvalue weighted by Crippen LogP contribution is -2.21. The van der Waals surface area contributed by atoms with Gasteiger partial charge in [0.1, 0.15) is 6.61 Å². The molecule has 0 bridgehead atoms. The Kier molecular flexibility index (Phi) is 3.90. The number of benzene rings is 1. The summed E-state index contributed by atoms with van der Waals surface area (Å²) >= 11 is 0. The number of aliphatic hydroxyl groups is 1. The summed E-state index contributed by atoms with van der Waals surface area (Å²) in [5, 5.41) is 8.55. The monoisotopic (exact) mass is 203 g/mol. The maximum atomic E-state index is 11.6. The number of carbonyl (C=O) groups is 1. The first-order valence-electron chi connectivity index (χ1n) is 4.56. The highest BCUT2D eigenvalue weighted by Gasteiger charge is 2.06. The number of amides is 1. The van der Waals surface area contributed by atoms with Gasteiger partial charge in [-0.25, -0.2) is 0 Å². The number of carbonyl (C=O) groups excluding carboxylic acids is 1.